The van der Waals surface area contributed by atoms with E-state index in [4.69, 9.17) is 5.11 Å². The first kappa shape index (κ1) is 12.7. The van der Waals surface area contributed by atoms with Crippen molar-refractivity contribution in [1.29, 1.82) is 0 Å². The van der Waals surface area contributed by atoms with Crippen molar-refractivity contribution >= 4 is 22.8 Å². The molecule has 1 aromatic heterocycles. The molecule has 0 bridgehead atoms. The second-order valence-corrected chi connectivity index (χ2v) is 5.11. The number of carboxylic acids is 1. The van der Waals surface area contributed by atoms with Gasteiger partial charge in [0.25, 0.3) is 0 Å². The van der Waals surface area contributed by atoms with E-state index in [-0.39, 0.29) is 12.5 Å². The van der Waals surface area contributed by atoms with Gasteiger partial charge in [-0.1, -0.05) is 18.2 Å². The number of carbonyl (C=O) groups is 2. The number of carbonyl (C=O) groups excluding carboxylic acids is 1. The lowest BCUT2D eigenvalue weighted by Gasteiger charge is -2.27. The van der Waals surface area contributed by atoms with Gasteiger partial charge >= 0.3 is 5.97 Å². The maximum Gasteiger partial charge on any atom is 0.323 e. The van der Waals surface area contributed by atoms with Crippen LogP contribution < -0.4 is 0 Å². The van der Waals surface area contributed by atoms with Gasteiger partial charge in [-0.3, -0.25) is 9.59 Å². The fourth-order valence-corrected chi connectivity index (χ4v) is 2.99. The van der Waals surface area contributed by atoms with Gasteiger partial charge in [-0.15, -0.1) is 0 Å². The van der Waals surface area contributed by atoms with Gasteiger partial charge in [-0.2, -0.15) is 0 Å². The number of amides is 1. The number of fused-ring (bicyclic) bond motifs is 3. The summed E-state index contributed by atoms with van der Waals surface area (Å²) >= 11 is 0. The average molecular weight is 272 g/mol. The van der Waals surface area contributed by atoms with Gasteiger partial charge in [0.15, 0.2) is 0 Å². The van der Waals surface area contributed by atoms with Crippen LogP contribution in [-0.4, -0.2) is 33.0 Å². The highest BCUT2D eigenvalue weighted by Crippen LogP contribution is 2.30. The van der Waals surface area contributed by atoms with E-state index in [1.54, 1.807) is 11.8 Å². The van der Waals surface area contributed by atoms with Crippen molar-refractivity contribution in [3.05, 3.63) is 35.5 Å². The summed E-state index contributed by atoms with van der Waals surface area (Å²) in [5.74, 6) is -0.784. The van der Waals surface area contributed by atoms with Crippen molar-refractivity contribution < 1.29 is 14.7 Å². The highest BCUT2D eigenvalue weighted by molar-refractivity contribution is 5.87. The van der Waals surface area contributed by atoms with E-state index < -0.39 is 5.97 Å². The molecule has 0 radical (unpaired) electrons. The predicted molar refractivity (Wildman–Crippen MR) is 74.4 cm³/mol. The average Bonchev–Trinajstić information content (AvgIpc) is 2.73. The maximum absolute atomic E-state index is 11.6. The second-order valence-electron chi connectivity index (χ2n) is 5.11. The normalized spacial score (nSPS) is 14.3. The number of para-hydroxylation sites is 1. The van der Waals surface area contributed by atoms with Crippen molar-refractivity contribution in [2.75, 3.05) is 6.54 Å². The molecule has 5 nitrogen and oxygen atoms in total. The van der Waals surface area contributed by atoms with Gasteiger partial charge in [-0.05, 0) is 6.07 Å². The molecule has 2 aromatic rings. The van der Waals surface area contributed by atoms with Crippen LogP contribution in [0.3, 0.4) is 0 Å². The van der Waals surface area contributed by atoms with Gasteiger partial charge in [0.2, 0.25) is 5.91 Å². The lowest BCUT2D eigenvalue weighted by Crippen LogP contribution is -2.34. The van der Waals surface area contributed by atoms with E-state index >= 15 is 0 Å². The van der Waals surface area contributed by atoms with Crippen molar-refractivity contribution in [3.63, 3.8) is 0 Å². The topological polar surface area (TPSA) is 62.5 Å². The van der Waals surface area contributed by atoms with Gasteiger partial charge in [0.1, 0.15) is 6.54 Å². The Kier molecular flexibility index (Phi) is 2.97. The van der Waals surface area contributed by atoms with Gasteiger partial charge in [-0.25, -0.2) is 0 Å². The van der Waals surface area contributed by atoms with Crippen LogP contribution >= 0.6 is 0 Å². The zero-order valence-corrected chi connectivity index (χ0v) is 11.3. The number of hydrogen-bond donors (Lipinski definition) is 1. The summed E-state index contributed by atoms with van der Waals surface area (Å²) in [4.78, 5) is 24.4. The number of benzene rings is 1. The standard InChI is InChI=1S/C15H16N2O3/c1-10(18)16-7-6-14-12(8-16)11-4-2-3-5-13(11)17(14)9-15(19)20/h2-5H,6-9H2,1H3,(H,19,20). The fraction of sp³-hybridized carbons (Fsp3) is 0.333. The first-order chi connectivity index (χ1) is 9.58. The Morgan fingerprint density at radius 2 is 2.05 bits per heavy atom. The molecule has 0 saturated heterocycles. The Labute approximate surface area is 116 Å². The van der Waals surface area contributed by atoms with Gasteiger partial charge in [0.05, 0.1) is 0 Å². The van der Waals surface area contributed by atoms with Gasteiger partial charge < -0.3 is 14.6 Å². The molecule has 2 heterocycles. The molecule has 1 aliphatic heterocycles. The highest BCUT2D eigenvalue weighted by atomic mass is 16.4. The lowest BCUT2D eigenvalue weighted by molar-refractivity contribution is -0.137. The summed E-state index contributed by atoms with van der Waals surface area (Å²) in [5, 5.41) is 10.2. The van der Waals surface area contributed by atoms with Gasteiger partial charge in [0, 0.05) is 48.6 Å². The minimum Gasteiger partial charge on any atom is -0.480 e. The monoisotopic (exact) mass is 272 g/mol. The molecule has 20 heavy (non-hydrogen) atoms. The molecule has 5 heteroatoms. The molecule has 0 atom stereocenters. The first-order valence-corrected chi connectivity index (χ1v) is 6.64. The molecule has 0 fully saturated rings. The van der Waals surface area contributed by atoms with Crippen LogP contribution in [0.4, 0.5) is 0 Å². The molecule has 1 aliphatic rings. The number of aromatic nitrogens is 1. The summed E-state index contributed by atoms with van der Waals surface area (Å²) in [5.41, 5.74) is 3.07. The summed E-state index contributed by atoms with van der Waals surface area (Å²) in [6.45, 7) is 2.76. The van der Waals surface area contributed by atoms with Crippen LogP contribution in [0.5, 0.6) is 0 Å². The fourth-order valence-electron chi connectivity index (χ4n) is 2.99. The third kappa shape index (κ3) is 1.95. The molecule has 0 aliphatic carbocycles. The second kappa shape index (κ2) is 4.67. The van der Waals surface area contributed by atoms with Crippen molar-refractivity contribution in [2.24, 2.45) is 0 Å². The highest BCUT2D eigenvalue weighted by Gasteiger charge is 2.25. The SMILES string of the molecule is CC(=O)N1CCc2c(c3ccccc3n2CC(=O)O)C1. The Morgan fingerprint density at radius 3 is 2.75 bits per heavy atom. The summed E-state index contributed by atoms with van der Waals surface area (Å²) in [6.07, 6.45) is 0.705. The minimum atomic E-state index is -0.845. The van der Waals surface area contributed by atoms with Crippen molar-refractivity contribution in [2.45, 2.75) is 26.4 Å². The molecule has 0 saturated carbocycles. The molecule has 1 N–H and O–H groups in total. The molecule has 0 spiro atoms. The number of hydrogen-bond acceptors (Lipinski definition) is 2. The molecular weight excluding hydrogens is 256 g/mol. The van der Waals surface area contributed by atoms with Crippen molar-refractivity contribution in [1.82, 2.24) is 9.47 Å². The van der Waals surface area contributed by atoms with E-state index in [1.165, 1.54) is 0 Å². The van der Waals surface area contributed by atoms with E-state index in [1.807, 2.05) is 28.8 Å². The predicted octanol–water partition coefficient (Wildman–Crippen LogP) is 1.63. The quantitative estimate of drug-likeness (QED) is 0.903. The first-order valence-electron chi connectivity index (χ1n) is 6.64. The van der Waals surface area contributed by atoms with E-state index in [0.717, 1.165) is 22.2 Å². The summed E-state index contributed by atoms with van der Waals surface area (Å²) in [6, 6.07) is 7.79. The number of carboxylic acid groups (broad SMARTS) is 1. The lowest BCUT2D eigenvalue weighted by atomic mass is 10.0. The summed E-state index contributed by atoms with van der Waals surface area (Å²) < 4.78 is 1.87. The Hall–Kier alpha value is -2.30. The Morgan fingerprint density at radius 1 is 1.30 bits per heavy atom. The molecule has 1 amide bonds. The number of nitrogens with zero attached hydrogens (tertiary/aromatic N) is 2. The third-order valence-electron chi connectivity index (χ3n) is 3.90. The van der Waals surface area contributed by atoms with E-state index in [2.05, 4.69) is 0 Å². The smallest absolute Gasteiger partial charge is 0.323 e. The van der Waals surface area contributed by atoms with Crippen LogP contribution in [-0.2, 0) is 29.1 Å². The number of rotatable bonds is 2. The zero-order chi connectivity index (χ0) is 14.3. The Balaban J connectivity index is 2.17. The van der Waals surface area contributed by atoms with E-state index in [9.17, 15) is 9.59 Å². The zero-order valence-electron chi connectivity index (χ0n) is 11.3. The summed E-state index contributed by atoms with van der Waals surface area (Å²) in [7, 11) is 0. The molecular formula is C15H16N2O3. The minimum absolute atomic E-state index is 0.0318. The third-order valence-corrected chi connectivity index (χ3v) is 3.90. The van der Waals surface area contributed by atoms with Crippen LogP contribution in [0.1, 0.15) is 18.2 Å². The molecule has 3 rings (SSSR count). The largest absolute Gasteiger partial charge is 0.480 e. The molecule has 1 aromatic carbocycles. The van der Waals surface area contributed by atoms with Crippen LogP contribution in [0, 0.1) is 0 Å². The van der Waals surface area contributed by atoms with Crippen LogP contribution in [0.15, 0.2) is 24.3 Å². The maximum atomic E-state index is 11.6. The van der Waals surface area contributed by atoms with Crippen LogP contribution in [0.2, 0.25) is 0 Å². The number of aliphatic carboxylic acids is 1. The molecule has 104 valence electrons. The van der Waals surface area contributed by atoms with Crippen molar-refractivity contribution in [3.8, 4) is 0 Å². The Bertz CT molecular complexity index is 702. The van der Waals surface area contributed by atoms with Crippen LogP contribution in [0.25, 0.3) is 10.9 Å². The molecule has 0 unspecified atom stereocenters. The van der Waals surface area contributed by atoms with E-state index in [0.29, 0.717) is 19.5 Å².